The van der Waals surface area contributed by atoms with Crippen LogP contribution in [-0.2, 0) is 11.3 Å². The van der Waals surface area contributed by atoms with Gasteiger partial charge in [0.05, 0.1) is 25.7 Å². The standard InChI is InChI=1S/C19H15ClFNO5S/c1-26-14-5-10(6-15(27-2)17(14)23)7-16-18(24)22(19(25)28-16)9-11-3-4-12(21)8-13(11)20/h3-8,23H,9H2,1-2H3/b16-7+. The zero-order valence-corrected chi connectivity index (χ0v) is 16.4. The Morgan fingerprint density at radius 2 is 1.82 bits per heavy atom. The van der Waals surface area contributed by atoms with Gasteiger partial charge in [0.15, 0.2) is 11.5 Å². The van der Waals surface area contributed by atoms with E-state index in [9.17, 15) is 19.1 Å². The highest BCUT2D eigenvalue weighted by Gasteiger charge is 2.35. The Hall–Kier alpha value is -2.71. The average Bonchev–Trinajstić information content (AvgIpc) is 2.92. The lowest BCUT2D eigenvalue weighted by Gasteiger charge is -2.13. The molecular formula is C19H15ClFNO5S. The smallest absolute Gasteiger partial charge is 0.293 e. The minimum atomic E-state index is -0.502. The maximum absolute atomic E-state index is 13.2. The summed E-state index contributed by atoms with van der Waals surface area (Å²) in [5.74, 6) is -0.827. The monoisotopic (exact) mass is 423 g/mol. The molecule has 1 N–H and O–H groups in total. The summed E-state index contributed by atoms with van der Waals surface area (Å²) < 4.78 is 23.4. The minimum Gasteiger partial charge on any atom is -0.502 e. The molecule has 0 aliphatic carbocycles. The maximum Gasteiger partial charge on any atom is 0.293 e. The Morgan fingerprint density at radius 1 is 1.18 bits per heavy atom. The van der Waals surface area contributed by atoms with Crippen molar-refractivity contribution in [2.45, 2.75) is 6.54 Å². The van der Waals surface area contributed by atoms with Crippen LogP contribution < -0.4 is 9.47 Å². The summed E-state index contributed by atoms with van der Waals surface area (Å²) in [7, 11) is 2.77. The van der Waals surface area contributed by atoms with Crippen LogP contribution >= 0.6 is 23.4 Å². The molecule has 146 valence electrons. The summed E-state index contributed by atoms with van der Waals surface area (Å²) >= 11 is 6.76. The minimum absolute atomic E-state index is 0.0661. The molecule has 0 aromatic heterocycles. The fourth-order valence-electron chi connectivity index (χ4n) is 2.61. The van der Waals surface area contributed by atoms with E-state index in [4.69, 9.17) is 21.1 Å². The van der Waals surface area contributed by atoms with Crippen LogP contribution in [0.15, 0.2) is 35.2 Å². The molecule has 0 unspecified atom stereocenters. The van der Waals surface area contributed by atoms with Crippen molar-refractivity contribution in [3.63, 3.8) is 0 Å². The number of ether oxygens (including phenoxy) is 2. The van der Waals surface area contributed by atoms with Crippen molar-refractivity contribution in [1.29, 1.82) is 0 Å². The van der Waals surface area contributed by atoms with Gasteiger partial charge < -0.3 is 14.6 Å². The molecule has 28 heavy (non-hydrogen) atoms. The van der Waals surface area contributed by atoms with Crippen LogP contribution in [0.25, 0.3) is 6.08 Å². The number of benzene rings is 2. The van der Waals surface area contributed by atoms with Gasteiger partial charge >= 0.3 is 0 Å². The first-order valence-corrected chi connectivity index (χ1v) is 9.17. The molecule has 2 amide bonds. The quantitative estimate of drug-likeness (QED) is 0.716. The normalized spacial score (nSPS) is 15.4. The molecule has 3 rings (SSSR count). The Bertz CT molecular complexity index is 969. The van der Waals surface area contributed by atoms with E-state index in [-0.39, 0.29) is 33.7 Å². The zero-order valence-electron chi connectivity index (χ0n) is 14.9. The van der Waals surface area contributed by atoms with E-state index in [0.29, 0.717) is 11.1 Å². The number of phenols is 1. The molecule has 1 aliphatic heterocycles. The number of imide groups is 1. The predicted molar refractivity (Wildman–Crippen MR) is 104 cm³/mol. The van der Waals surface area contributed by atoms with E-state index in [0.717, 1.165) is 22.7 Å². The molecule has 9 heteroatoms. The van der Waals surface area contributed by atoms with Crippen LogP contribution in [0.1, 0.15) is 11.1 Å². The summed E-state index contributed by atoms with van der Waals surface area (Å²) in [6.45, 7) is -0.0661. The first kappa shape index (κ1) is 20.0. The molecule has 6 nitrogen and oxygen atoms in total. The zero-order chi connectivity index (χ0) is 20.4. The second kappa shape index (κ2) is 8.12. The van der Waals surface area contributed by atoms with Crippen molar-refractivity contribution in [3.8, 4) is 17.2 Å². The summed E-state index contributed by atoms with van der Waals surface area (Å²) in [6.07, 6.45) is 1.50. The van der Waals surface area contributed by atoms with Crippen LogP contribution in [-0.4, -0.2) is 35.4 Å². The lowest BCUT2D eigenvalue weighted by atomic mass is 10.1. The van der Waals surface area contributed by atoms with Gasteiger partial charge in [-0.1, -0.05) is 17.7 Å². The molecule has 1 saturated heterocycles. The van der Waals surface area contributed by atoms with Gasteiger partial charge in [-0.3, -0.25) is 14.5 Å². The third kappa shape index (κ3) is 3.93. The number of halogens is 2. The Morgan fingerprint density at radius 3 is 2.39 bits per heavy atom. The van der Waals surface area contributed by atoms with Gasteiger partial charge in [-0.25, -0.2) is 4.39 Å². The van der Waals surface area contributed by atoms with Gasteiger partial charge in [-0.05, 0) is 53.2 Å². The summed E-state index contributed by atoms with van der Waals surface area (Å²) in [6, 6.07) is 6.80. The number of hydrogen-bond acceptors (Lipinski definition) is 6. The fraction of sp³-hybridized carbons (Fsp3) is 0.158. The molecule has 0 bridgehead atoms. The highest BCUT2D eigenvalue weighted by molar-refractivity contribution is 8.18. The molecule has 2 aromatic carbocycles. The Labute approximate surface area is 169 Å². The van der Waals surface area contributed by atoms with Crippen molar-refractivity contribution >= 4 is 40.6 Å². The summed E-state index contributed by atoms with van der Waals surface area (Å²) in [4.78, 5) is 26.2. The van der Waals surface area contributed by atoms with Crippen molar-refractivity contribution in [2.24, 2.45) is 0 Å². The van der Waals surface area contributed by atoms with Crippen molar-refractivity contribution < 1.29 is 28.6 Å². The molecule has 0 atom stereocenters. The number of methoxy groups -OCH3 is 2. The second-order valence-corrected chi connectivity index (χ2v) is 7.18. The number of phenolic OH excluding ortho intramolecular Hbond substituents is 1. The highest BCUT2D eigenvalue weighted by atomic mass is 35.5. The number of thioether (sulfide) groups is 1. The molecule has 2 aromatic rings. The average molecular weight is 424 g/mol. The third-order valence-corrected chi connectivity index (χ3v) is 5.28. The fourth-order valence-corrected chi connectivity index (χ4v) is 3.67. The van der Waals surface area contributed by atoms with Crippen molar-refractivity contribution in [2.75, 3.05) is 14.2 Å². The Kier molecular flexibility index (Phi) is 5.81. The molecule has 0 radical (unpaired) electrons. The summed E-state index contributed by atoms with van der Waals surface area (Å²) in [5.41, 5.74) is 0.969. The molecular weight excluding hydrogens is 409 g/mol. The SMILES string of the molecule is COc1cc(/C=C2/SC(=O)N(Cc3ccc(F)cc3Cl)C2=O)cc(OC)c1O. The number of amides is 2. The van der Waals surface area contributed by atoms with Gasteiger partial charge in [0, 0.05) is 5.02 Å². The second-order valence-electron chi connectivity index (χ2n) is 5.78. The first-order chi connectivity index (χ1) is 13.3. The van der Waals surface area contributed by atoms with Crippen LogP contribution in [0.5, 0.6) is 17.2 Å². The number of aromatic hydroxyl groups is 1. The number of rotatable bonds is 5. The number of carbonyl (C=O) groups excluding carboxylic acids is 2. The predicted octanol–water partition coefficient (Wildman–Crippen LogP) is 4.44. The van der Waals surface area contributed by atoms with E-state index in [1.165, 1.54) is 44.6 Å². The number of nitrogens with zero attached hydrogens (tertiary/aromatic N) is 1. The van der Waals surface area contributed by atoms with Crippen LogP contribution in [0.4, 0.5) is 9.18 Å². The van der Waals surface area contributed by atoms with E-state index < -0.39 is 17.0 Å². The lowest BCUT2D eigenvalue weighted by molar-refractivity contribution is -0.123. The Balaban J connectivity index is 1.89. The van der Waals surface area contributed by atoms with Crippen molar-refractivity contribution in [3.05, 3.63) is 57.2 Å². The van der Waals surface area contributed by atoms with Gasteiger partial charge in [-0.15, -0.1) is 0 Å². The maximum atomic E-state index is 13.2. The van der Waals surface area contributed by atoms with Crippen LogP contribution in [0.3, 0.4) is 0 Å². The summed E-state index contributed by atoms with van der Waals surface area (Å²) in [5, 5.41) is 9.65. The molecule has 1 heterocycles. The molecule has 1 fully saturated rings. The number of hydrogen-bond donors (Lipinski definition) is 1. The van der Waals surface area contributed by atoms with E-state index in [1.54, 1.807) is 0 Å². The topological polar surface area (TPSA) is 76.1 Å². The van der Waals surface area contributed by atoms with Gasteiger partial charge in [0.25, 0.3) is 11.1 Å². The van der Waals surface area contributed by atoms with Crippen LogP contribution in [0.2, 0.25) is 5.02 Å². The lowest BCUT2D eigenvalue weighted by Crippen LogP contribution is -2.27. The van der Waals surface area contributed by atoms with E-state index in [1.807, 2.05) is 0 Å². The van der Waals surface area contributed by atoms with E-state index >= 15 is 0 Å². The molecule has 0 saturated carbocycles. The van der Waals surface area contributed by atoms with Gasteiger partial charge in [0.2, 0.25) is 5.75 Å². The van der Waals surface area contributed by atoms with Crippen molar-refractivity contribution in [1.82, 2.24) is 4.90 Å². The van der Waals surface area contributed by atoms with Crippen LogP contribution in [0, 0.1) is 5.82 Å². The largest absolute Gasteiger partial charge is 0.502 e. The van der Waals surface area contributed by atoms with E-state index in [2.05, 4.69) is 0 Å². The highest BCUT2D eigenvalue weighted by Crippen LogP contribution is 2.39. The first-order valence-electron chi connectivity index (χ1n) is 7.98. The molecule has 0 spiro atoms. The van der Waals surface area contributed by atoms with Gasteiger partial charge in [0.1, 0.15) is 5.82 Å². The number of carbonyl (C=O) groups is 2. The third-order valence-electron chi connectivity index (χ3n) is 4.02. The molecule has 1 aliphatic rings. The van der Waals surface area contributed by atoms with Gasteiger partial charge in [-0.2, -0.15) is 0 Å².